The number of halogens is 8. The van der Waals surface area contributed by atoms with Crippen molar-refractivity contribution in [3.8, 4) is 5.75 Å². The van der Waals surface area contributed by atoms with E-state index in [4.69, 9.17) is 0 Å². The average Bonchev–Trinajstić information content (AvgIpc) is 3.15. The Morgan fingerprint density at radius 2 is 1.42 bits per heavy atom. The zero-order chi connectivity index (χ0) is 20.3. The molecule has 1 aromatic rings. The SMILES string of the molecule is CC(C)(C)c1cc(C2(C(F)(F)C(F)(F)F)CC2)c(O)cc1CC(F)(F)F. The monoisotopic (exact) mass is 390 g/mol. The molecule has 0 aliphatic heterocycles. The van der Waals surface area contributed by atoms with E-state index in [0.29, 0.717) is 6.07 Å². The summed E-state index contributed by atoms with van der Waals surface area (Å²) in [5.74, 6) is -6.07. The smallest absolute Gasteiger partial charge is 0.454 e. The second-order valence-corrected chi connectivity index (χ2v) is 7.72. The zero-order valence-corrected chi connectivity index (χ0v) is 14.2. The number of hydrogen-bond donors (Lipinski definition) is 1. The highest BCUT2D eigenvalue weighted by atomic mass is 19.4. The summed E-state index contributed by atoms with van der Waals surface area (Å²) in [6.07, 6.45) is -12.9. The quantitative estimate of drug-likeness (QED) is 0.626. The van der Waals surface area contributed by atoms with Gasteiger partial charge in [0.15, 0.2) is 0 Å². The van der Waals surface area contributed by atoms with E-state index in [0.717, 1.165) is 6.07 Å². The molecule has 9 heteroatoms. The van der Waals surface area contributed by atoms with Gasteiger partial charge in [0.1, 0.15) is 5.75 Å². The minimum absolute atomic E-state index is 0.0214. The predicted molar refractivity (Wildman–Crippen MR) is 78.5 cm³/mol. The fraction of sp³-hybridized carbons (Fsp3) is 0.647. The Morgan fingerprint density at radius 3 is 1.77 bits per heavy atom. The molecule has 0 heterocycles. The highest BCUT2D eigenvalue weighted by molar-refractivity contribution is 5.52. The lowest BCUT2D eigenvalue weighted by Gasteiger charge is -2.32. The first-order chi connectivity index (χ1) is 11.4. The van der Waals surface area contributed by atoms with Gasteiger partial charge >= 0.3 is 18.3 Å². The molecule has 1 aromatic carbocycles. The standard InChI is InChI=1S/C17H18F8O/c1-13(2,3)10-7-11(12(26)6-9(10)8-15(18,19)20)14(4-5-14)16(21,22)17(23,24)25/h6-7,26H,4-5,8H2,1-3H3. The van der Waals surface area contributed by atoms with E-state index in [1.165, 1.54) is 20.8 Å². The third-order valence-corrected chi connectivity index (χ3v) is 4.64. The second kappa shape index (κ2) is 5.73. The van der Waals surface area contributed by atoms with Crippen molar-refractivity contribution in [2.24, 2.45) is 0 Å². The maximum atomic E-state index is 14.0. The van der Waals surface area contributed by atoms with Crippen molar-refractivity contribution >= 4 is 0 Å². The Bertz CT molecular complexity index is 690. The van der Waals surface area contributed by atoms with Gasteiger partial charge in [0.2, 0.25) is 0 Å². The van der Waals surface area contributed by atoms with Crippen LogP contribution in [0.3, 0.4) is 0 Å². The molecule has 1 aliphatic rings. The van der Waals surface area contributed by atoms with Gasteiger partial charge < -0.3 is 5.11 Å². The summed E-state index contributed by atoms with van der Waals surface area (Å²) >= 11 is 0. The number of phenolic OH excluding ortho intramolecular Hbond substituents is 1. The van der Waals surface area contributed by atoms with E-state index in [1.54, 1.807) is 0 Å². The molecule has 0 spiro atoms. The molecule has 0 radical (unpaired) electrons. The van der Waals surface area contributed by atoms with Gasteiger partial charge in [-0.1, -0.05) is 26.8 Å². The predicted octanol–water partition coefficient (Wildman–Crippen LogP) is 6.02. The van der Waals surface area contributed by atoms with E-state index >= 15 is 0 Å². The van der Waals surface area contributed by atoms with Crippen molar-refractivity contribution in [3.63, 3.8) is 0 Å². The van der Waals surface area contributed by atoms with Crippen LogP contribution in [0, 0.1) is 0 Å². The number of benzene rings is 1. The molecule has 1 aliphatic carbocycles. The van der Waals surface area contributed by atoms with Crippen LogP contribution in [-0.2, 0) is 17.3 Å². The van der Waals surface area contributed by atoms with E-state index < -0.39 is 59.7 Å². The van der Waals surface area contributed by atoms with E-state index in [1.807, 2.05) is 0 Å². The lowest BCUT2D eigenvalue weighted by atomic mass is 9.78. The first-order valence-corrected chi connectivity index (χ1v) is 7.80. The Balaban J connectivity index is 2.66. The molecule has 26 heavy (non-hydrogen) atoms. The van der Waals surface area contributed by atoms with E-state index in [9.17, 15) is 40.2 Å². The highest BCUT2D eigenvalue weighted by Crippen LogP contribution is 2.65. The summed E-state index contributed by atoms with van der Waals surface area (Å²) in [5, 5.41) is 10.0. The van der Waals surface area contributed by atoms with Crippen LogP contribution in [0.2, 0.25) is 0 Å². The second-order valence-electron chi connectivity index (χ2n) is 7.72. The summed E-state index contributed by atoms with van der Waals surface area (Å²) in [6, 6.07) is 1.54. The lowest BCUT2D eigenvalue weighted by Crippen LogP contribution is -2.47. The van der Waals surface area contributed by atoms with Crippen LogP contribution in [0.25, 0.3) is 0 Å². The van der Waals surface area contributed by atoms with Gasteiger partial charge in [-0.25, -0.2) is 0 Å². The third-order valence-electron chi connectivity index (χ3n) is 4.64. The summed E-state index contributed by atoms with van der Waals surface area (Å²) in [7, 11) is 0. The van der Waals surface area contributed by atoms with Crippen LogP contribution in [-0.4, -0.2) is 23.4 Å². The van der Waals surface area contributed by atoms with E-state index in [-0.39, 0.29) is 11.1 Å². The molecule has 148 valence electrons. The van der Waals surface area contributed by atoms with Gasteiger partial charge in [0.05, 0.1) is 11.8 Å². The fourth-order valence-corrected chi connectivity index (χ4v) is 3.22. The molecule has 0 unspecified atom stereocenters. The molecule has 0 saturated heterocycles. The van der Waals surface area contributed by atoms with Crippen LogP contribution < -0.4 is 0 Å². The maximum absolute atomic E-state index is 14.0. The topological polar surface area (TPSA) is 20.2 Å². The molecule has 2 rings (SSSR count). The van der Waals surface area contributed by atoms with Crippen molar-refractivity contribution in [2.45, 2.75) is 69.1 Å². The number of aromatic hydroxyl groups is 1. The normalized spacial score (nSPS) is 18.1. The number of alkyl halides is 8. The van der Waals surface area contributed by atoms with Crippen LogP contribution >= 0.6 is 0 Å². The van der Waals surface area contributed by atoms with Crippen LogP contribution in [0.4, 0.5) is 35.1 Å². The molecular formula is C17H18F8O. The molecule has 0 aromatic heterocycles. The number of rotatable bonds is 3. The largest absolute Gasteiger partial charge is 0.508 e. The zero-order valence-electron chi connectivity index (χ0n) is 14.2. The molecule has 0 atom stereocenters. The minimum Gasteiger partial charge on any atom is -0.508 e. The van der Waals surface area contributed by atoms with Gasteiger partial charge in [-0.2, -0.15) is 35.1 Å². The third kappa shape index (κ3) is 3.49. The maximum Gasteiger partial charge on any atom is 0.454 e. The van der Waals surface area contributed by atoms with Crippen molar-refractivity contribution in [3.05, 3.63) is 28.8 Å². The summed E-state index contributed by atoms with van der Waals surface area (Å²) in [6.45, 7) is 4.56. The summed E-state index contributed by atoms with van der Waals surface area (Å²) in [4.78, 5) is 0. The molecule has 1 N–H and O–H groups in total. The number of phenols is 1. The first-order valence-electron chi connectivity index (χ1n) is 7.80. The summed E-state index contributed by atoms with van der Waals surface area (Å²) in [5.41, 5.74) is -4.63. The minimum atomic E-state index is -5.83. The van der Waals surface area contributed by atoms with Crippen LogP contribution in [0.1, 0.15) is 50.3 Å². The van der Waals surface area contributed by atoms with Gasteiger partial charge in [-0.15, -0.1) is 0 Å². The van der Waals surface area contributed by atoms with Crippen LogP contribution in [0.5, 0.6) is 5.75 Å². The Labute approximate surface area is 145 Å². The lowest BCUT2D eigenvalue weighted by molar-refractivity contribution is -0.296. The Hall–Kier alpha value is -1.54. The fourth-order valence-electron chi connectivity index (χ4n) is 3.22. The summed E-state index contributed by atoms with van der Waals surface area (Å²) < 4.78 is 105. The highest BCUT2D eigenvalue weighted by Gasteiger charge is 2.75. The number of hydrogen-bond acceptors (Lipinski definition) is 1. The molecular weight excluding hydrogens is 372 g/mol. The van der Waals surface area contributed by atoms with Gasteiger partial charge in [-0.3, -0.25) is 0 Å². The van der Waals surface area contributed by atoms with Gasteiger partial charge in [-0.05, 0) is 35.4 Å². The van der Waals surface area contributed by atoms with Crippen molar-refractivity contribution in [1.82, 2.24) is 0 Å². The molecule has 1 nitrogen and oxygen atoms in total. The Kier molecular flexibility index (Phi) is 4.57. The van der Waals surface area contributed by atoms with Crippen LogP contribution in [0.15, 0.2) is 12.1 Å². The van der Waals surface area contributed by atoms with Crippen molar-refractivity contribution in [2.75, 3.05) is 0 Å². The van der Waals surface area contributed by atoms with Crippen molar-refractivity contribution in [1.29, 1.82) is 0 Å². The molecule has 0 amide bonds. The first kappa shape index (κ1) is 20.8. The molecule has 0 bridgehead atoms. The van der Waals surface area contributed by atoms with Gasteiger partial charge in [0, 0.05) is 5.56 Å². The van der Waals surface area contributed by atoms with Crippen molar-refractivity contribution < 1.29 is 40.2 Å². The van der Waals surface area contributed by atoms with E-state index in [2.05, 4.69) is 0 Å². The molecule has 1 saturated carbocycles. The van der Waals surface area contributed by atoms with Gasteiger partial charge in [0.25, 0.3) is 0 Å². The molecule has 1 fully saturated rings. The Morgan fingerprint density at radius 1 is 0.923 bits per heavy atom. The average molecular weight is 390 g/mol.